The number of rotatable bonds is 3. The number of hydrogen-bond donors (Lipinski definition) is 1. The van der Waals surface area contributed by atoms with Crippen LogP contribution in [0.2, 0.25) is 0 Å². The molecule has 7 nitrogen and oxygen atoms in total. The van der Waals surface area contributed by atoms with E-state index in [1.165, 1.54) is 11.8 Å². The molecule has 1 aromatic carbocycles. The first-order valence-corrected chi connectivity index (χ1v) is 6.17. The van der Waals surface area contributed by atoms with E-state index in [4.69, 9.17) is 0 Å². The molecular weight excluding hydrogens is 264 g/mol. The van der Waals surface area contributed by atoms with Gasteiger partial charge in [0.25, 0.3) is 0 Å². The quantitative estimate of drug-likeness (QED) is 0.719. The van der Waals surface area contributed by atoms with Gasteiger partial charge in [0.2, 0.25) is 5.16 Å². The molecule has 3 aromatic rings. The van der Waals surface area contributed by atoms with Crippen LogP contribution in [0.3, 0.4) is 0 Å². The first kappa shape index (κ1) is 11.6. The topological polar surface area (TPSA) is 89.6 Å². The highest BCUT2D eigenvalue weighted by Crippen LogP contribution is 2.23. The Morgan fingerprint density at radius 3 is 2.53 bits per heavy atom. The molecule has 0 aliphatic rings. The van der Waals surface area contributed by atoms with Gasteiger partial charge in [0.05, 0.1) is 5.69 Å². The summed E-state index contributed by atoms with van der Waals surface area (Å²) in [6, 6.07) is 8.34. The lowest BCUT2D eigenvalue weighted by atomic mass is 10.3. The molecule has 3 rings (SSSR count). The second-order valence-electron chi connectivity index (χ2n) is 3.52. The zero-order valence-corrected chi connectivity index (χ0v) is 10.4. The molecule has 0 amide bonds. The summed E-state index contributed by atoms with van der Waals surface area (Å²) in [4.78, 5) is 8.21. The maximum Gasteiger partial charge on any atom is 0.221 e. The highest BCUT2D eigenvalue weighted by atomic mass is 32.2. The molecule has 0 saturated heterocycles. The molecule has 0 aliphatic heterocycles. The number of tetrazole rings is 1. The van der Waals surface area contributed by atoms with Crippen LogP contribution in [0.15, 0.2) is 53.0 Å². The summed E-state index contributed by atoms with van der Waals surface area (Å²) in [5, 5.41) is 21.9. The lowest BCUT2D eigenvalue weighted by molar-refractivity contribution is 0.475. The average molecular weight is 272 g/mol. The Balaban J connectivity index is 1.92. The van der Waals surface area contributed by atoms with Gasteiger partial charge in [0.1, 0.15) is 5.75 Å². The molecule has 2 heterocycles. The third kappa shape index (κ3) is 2.52. The molecule has 19 heavy (non-hydrogen) atoms. The van der Waals surface area contributed by atoms with Crippen molar-refractivity contribution < 1.29 is 5.11 Å². The van der Waals surface area contributed by atoms with E-state index >= 15 is 0 Å². The minimum atomic E-state index is 0.192. The maximum absolute atomic E-state index is 9.27. The molecule has 0 atom stereocenters. The zero-order valence-electron chi connectivity index (χ0n) is 9.58. The van der Waals surface area contributed by atoms with Gasteiger partial charge >= 0.3 is 0 Å². The molecule has 0 unspecified atom stereocenters. The smallest absolute Gasteiger partial charge is 0.221 e. The fraction of sp³-hybridized carbons (Fsp3) is 0. The molecular formula is C11H8N6OS. The molecule has 0 aliphatic carbocycles. The van der Waals surface area contributed by atoms with Gasteiger partial charge in [-0.15, -0.1) is 5.10 Å². The predicted molar refractivity (Wildman–Crippen MR) is 67.0 cm³/mol. The summed E-state index contributed by atoms with van der Waals surface area (Å²) in [5.41, 5.74) is 0.751. The van der Waals surface area contributed by atoms with Crippen LogP contribution in [-0.2, 0) is 0 Å². The van der Waals surface area contributed by atoms with Gasteiger partial charge in [-0.05, 0) is 52.5 Å². The van der Waals surface area contributed by atoms with E-state index in [1.54, 1.807) is 47.4 Å². The van der Waals surface area contributed by atoms with E-state index in [1.807, 2.05) is 0 Å². The third-order valence-corrected chi connectivity index (χ3v) is 3.09. The summed E-state index contributed by atoms with van der Waals surface area (Å²) in [6.45, 7) is 0. The van der Waals surface area contributed by atoms with Crippen LogP contribution in [-0.4, -0.2) is 35.3 Å². The fourth-order valence-corrected chi connectivity index (χ4v) is 2.11. The van der Waals surface area contributed by atoms with Gasteiger partial charge < -0.3 is 5.11 Å². The normalized spacial score (nSPS) is 10.5. The minimum Gasteiger partial charge on any atom is -0.508 e. The summed E-state index contributed by atoms with van der Waals surface area (Å²) < 4.78 is 1.56. The SMILES string of the molecule is Oc1ccc(-n2nnnc2Sc2ncccn2)cc1. The van der Waals surface area contributed by atoms with E-state index in [0.29, 0.717) is 10.3 Å². The van der Waals surface area contributed by atoms with Crippen LogP contribution >= 0.6 is 11.8 Å². The number of aromatic nitrogens is 6. The first-order chi connectivity index (χ1) is 9.33. The number of phenolic OH excluding ortho intramolecular Hbond substituents is 1. The molecule has 2 aromatic heterocycles. The van der Waals surface area contributed by atoms with E-state index < -0.39 is 0 Å². The number of phenols is 1. The van der Waals surface area contributed by atoms with E-state index in [-0.39, 0.29) is 5.75 Å². The lowest BCUT2D eigenvalue weighted by Crippen LogP contribution is -1.99. The van der Waals surface area contributed by atoms with Crippen molar-refractivity contribution in [1.82, 2.24) is 30.2 Å². The Morgan fingerprint density at radius 2 is 1.79 bits per heavy atom. The van der Waals surface area contributed by atoms with Crippen LogP contribution < -0.4 is 0 Å². The van der Waals surface area contributed by atoms with Crippen LogP contribution in [0.25, 0.3) is 5.69 Å². The van der Waals surface area contributed by atoms with E-state index in [2.05, 4.69) is 25.5 Å². The van der Waals surface area contributed by atoms with Crippen molar-refractivity contribution in [2.24, 2.45) is 0 Å². The predicted octanol–water partition coefficient (Wildman–Crippen LogP) is 1.31. The van der Waals surface area contributed by atoms with Crippen molar-refractivity contribution in [2.45, 2.75) is 10.3 Å². The average Bonchev–Trinajstić information content (AvgIpc) is 2.89. The first-order valence-electron chi connectivity index (χ1n) is 5.35. The van der Waals surface area contributed by atoms with Crippen molar-refractivity contribution in [1.29, 1.82) is 0 Å². The van der Waals surface area contributed by atoms with Crippen LogP contribution in [0.1, 0.15) is 0 Å². The van der Waals surface area contributed by atoms with Crippen molar-refractivity contribution >= 4 is 11.8 Å². The molecule has 0 bridgehead atoms. The van der Waals surface area contributed by atoms with Gasteiger partial charge in [0.15, 0.2) is 5.16 Å². The highest BCUT2D eigenvalue weighted by Gasteiger charge is 2.11. The number of nitrogens with zero attached hydrogens (tertiary/aromatic N) is 6. The summed E-state index contributed by atoms with van der Waals surface area (Å²) in [5.74, 6) is 0.192. The van der Waals surface area contributed by atoms with Crippen molar-refractivity contribution in [2.75, 3.05) is 0 Å². The number of aromatic hydroxyl groups is 1. The van der Waals surface area contributed by atoms with Gasteiger partial charge in [0, 0.05) is 12.4 Å². The summed E-state index contributed by atoms with van der Waals surface area (Å²) in [6.07, 6.45) is 3.31. The molecule has 0 fully saturated rings. The molecule has 0 saturated carbocycles. The fourth-order valence-electron chi connectivity index (χ4n) is 1.42. The Morgan fingerprint density at radius 1 is 1.05 bits per heavy atom. The zero-order chi connectivity index (χ0) is 13.1. The summed E-state index contributed by atoms with van der Waals surface area (Å²) >= 11 is 1.26. The molecule has 1 N–H and O–H groups in total. The van der Waals surface area contributed by atoms with Gasteiger partial charge in [-0.3, -0.25) is 0 Å². The number of benzene rings is 1. The Bertz CT molecular complexity index is 669. The van der Waals surface area contributed by atoms with E-state index in [0.717, 1.165) is 5.69 Å². The second kappa shape index (κ2) is 5.02. The van der Waals surface area contributed by atoms with Crippen LogP contribution in [0.5, 0.6) is 5.75 Å². The number of hydrogen-bond acceptors (Lipinski definition) is 7. The Kier molecular flexibility index (Phi) is 3.07. The maximum atomic E-state index is 9.27. The Hall–Kier alpha value is -2.48. The van der Waals surface area contributed by atoms with Crippen molar-refractivity contribution in [3.05, 3.63) is 42.7 Å². The molecule has 0 radical (unpaired) electrons. The third-order valence-electron chi connectivity index (χ3n) is 2.26. The van der Waals surface area contributed by atoms with Crippen LogP contribution in [0, 0.1) is 0 Å². The molecule has 8 heteroatoms. The van der Waals surface area contributed by atoms with Crippen LogP contribution in [0.4, 0.5) is 0 Å². The lowest BCUT2D eigenvalue weighted by Gasteiger charge is -2.03. The Labute approximate surface area is 112 Å². The molecule has 0 spiro atoms. The molecule has 94 valence electrons. The second-order valence-corrected chi connectivity index (χ2v) is 4.46. The van der Waals surface area contributed by atoms with Gasteiger partial charge in [-0.2, -0.15) is 4.68 Å². The summed E-state index contributed by atoms with van der Waals surface area (Å²) in [7, 11) is 0. The standard InChI is InChI=1S/C11H8N6OS/c18-9-4-2-8(3-5-9)17-11(14-15-16-17)19-10-12-6-1-7-13-10/h1-7,18H. The monoisotopic (exact) mass is 272 g/mol. The van der Waals surface area contributed by atoms with Crippen molar-refractivity contribution in [3.63, 3.8) is 0 Å². The largest absolute Gasteiger partial charge is 0.508 e. The minimum absolute atomic E-state index is 0.192. The van der Waals surface area contributed by atoms with Gasteiger partial charge in [-0.25, -0.2) is 9.97 Å². The van der Waals surface area contributed by atoms with Gasteiger partial charge in [-0.1, -0.05) is 0 Å². The van der Waals surface area contributed by atoms with Crippen molar-refractivity contribution in [3.8, 4) is 11.4 Å². The highest BCUT2D eigenvalue weighted by molar-refractivity contribution is 7.99. The van der Waals surface area contributed by atoms with E-state index in [9.17, 15) is 5.11 Å².